The van der Waals surface area contributed by atoms with Gasteiger partial charge in [-0.2, -0.15) is 0 Å². The number of benzene rings is 9. The first-order valence-electron chi connectivity index (χ1n) is 19.5. The van der Waals surface area contributed by atoms with Gasteiger partial charge in [0, 0.05) is 38.4 Å². The summed E-state index contributed by atoms with van der Waals surface area (Å²) in [5.74, 6) is 1.72. The third-order valence-electron chi connectivity index (χ3n) is 11.4. The zero-order valence-corrected chi connectivity index (χ0v) is 31.2. The van der Waals surface area contributed by atoms with Crippen molar-refractivity contribution in [3.05, 3.63) is 194 Å². The minimum absolute atomic E-state index is 0.550. The summed E-state index contributed by atoms with van der Waals surface area (Å²) in [7, 11) is 0. The Hall–Kier alpha value is -7.89. The molecule has 0 N–H and O–H groups in total. The van der Waals surface area contributed by atoms with Crippen LogP contribution in [0.3, 0.4) is 0 Å². The normalized spacial score (nSPS) is 11.8. The van der Waals surface area contributed by atoms with Crippen LogP contribution in [0.15, 0.2) is 199 Å². The Balaban J connectivity index is 1.17. The number of hydrogen-bond donors (Lipinski definition) is 0. The van der Waals surface area contributed by atoms with Gasteiger partial charge in [-0.25, -0.2) is 15.0 Å². The summed E-state index contributed by atoms with van der Waals surface area (Å²) < 4.78 is 8.90. The fraction of sp³-hybridized carbons (Fsp3) is 0. The average molecular weight is 741 g/mol. The highest BCUT2D eigenvalue weighted by molar-refractivity contribution is 6.15. The van der Waals surface area contributed by atoms with E-state index >= 15 is 0 Å². The van der Waals surface area contributed by atoms with E-state index in [1.165, 1.54) is 32.3 Å². The third-order valence-corrected chi connectivity index (χ3v) is 11.4. The van der Waals surface area contributed by atoms with Gasteiger partial charge >= 0.3 is 0 Å². The van der Waals surface area contributed by atoms with E-state index in [0.717, 1.165) is 66.5 Å². The van der Waals surface area contributed by atoms with Gasteiger partial charge in [-0.05, 0) is 75.1 Å². The number of para-hydroxylation sites is 4. The second-order valence-corrected chi connectivity index (χ2v) is 14.8. The quantitative estimate of drug-likeness (QED) is 0.165. The predicted molar refractivity (Wildman–Crippen MR) is 238 cm³/mol. The van der Waals surface area contributed by atoms with E-state index in [1.807, 2.05) is 54.6 Å². The van der Waals surface area contributed by atoms with Crippen molar-refractivity contribution in [3.63, 3.8) is 0 Å². The predicted octanol–water partition coefficient (Wildman–Crippen LogP) is 13.8. The van der Waals surface area contributed by atoms with Gasteiger partial charge in [-0.3, -0.25) is 0 Å². The van der Waals surface area contributed by atoms with E-state index in [2.05, 4.69) is 144 Å². The minimum Gasteiger partial charge on any atom is -0.455 e. The molecule has 0 spiro atoms. The molecule has 0 saturated carbocycles. The monoisotopic (exact) mass is 740 g/mol. The molecule has 270 valence electrons. The van der Waals surface area contributed by atoms with Gasteiger partial charge in [-0.15, -0.1) is 0 Å². The summed E-state index contributed by atoms with van der Waals surface area (Å²) in [5, 5.41) is 9.31. The lowest BCUT2D eigenvalue weighted by atomic mass is 9.92. The van der Waals surface area contributed by atoms with Crippen LogP contribution in [0.1, 0.15) is 0 Å². The van der Waals surface area contributed by atoms with Gasteiger partial charge in [0.05, 0.1) is 16.6 Å². The van der Waals surface area contributed by atoms with E-state index in [0.29, 0.717) is 17.5 Å². The zero-order chi connectivity index (χ0) is 38.2. The maximum absolute atomic E-state index is 6.53. The first kappa shape index (κ1) is 32.4. The summed E-state index contributed by atoms with van der Waals surface area (Å²) in [6.07, 6.45) is 0. The highest BCUT2D eigenvalue weighted by Crippen LogP contribution is 2.41. The summed E-state index contributed by atoms with van der Waals surface area (Å²) in [5.41, 5.74) is 9.67. The van der Waals surface area contributed by atoms with Crippen LogP contribution in [0.5, 0.6) is 0 Å². The molecule has 3 heterocycles. The molecule has 0 amide bonds. The minimum atomic E-state index is 0.550. The van der Waals surface area contributed by atoms with Gasteiger partial charge in [0.1, 0.15) is 11.2 Å². The molecule has 3 aromatic heterocycles. The molecule has 5 nitrogen and oxygen atoms in total. The number of aromatic nitrogens is 4. The number of rotatable bonds is 5. The highest BCUT2D eigenvalue weighted by atomic mass is 16.3. The molecule has 0 bridgehead atoms. The van der Waals surface area contributed by atoms with Crippen LogP contribution in [-0.4, -0.2) is 19.5 Å². The van der Waals surface area contributed by atoms with Crippen molar-refractivity contribution in [1.82, 2.24) is 19.5 Å². The number of fused-ring (bicyclic) bond motifs is 9. The van der Waals surface area contributed by atoms with Crippen LogP contribution in [0.2, 0.25) is 0 Å². The number of furan rings is 1. The first-order chi connectivity index (χ1) is 28.7. The van der Waals surface area contributed by atoms with Gasteiger partial charge in [0.25, 0.3) is 0 Å². The molecule has 0 saturated heterocycles. The SMILES string of the molecule is c1ccc(-c2nc(-c3cc(-c4cccc5ccc6ccccc6c45)cc(-n4c5ccccc5c5ccccc54)c3)nc(-c3cccc4c3oc3ccccc34)n2)cc1. The number of hydrogen-bond acceptors (Lipinski definition) is 4. The summed E-state index contributed by atoms with van der Waals surface area (Å²) in [6.45, 7) is 0. The van der Waals surface area contributed by atoms with Crippen LogP contribution in [-0.2, 0) is 0 Å². The molecule has 12 aromatic rings. The molecule has 0 atom stereocenters. The van der Waals surface area contributed by atoms with E-state index in [9.17, 15) is 0 Å². The molecule has 0 aliphatic rings. The van der Waals surface area contributed by atoms with E-state index in [-0.39, 0.29) is 0 Å². The van der Waals surface area contributed by atoms with Crippen molar-refractivity contribution < 1.29 is 4.42 Å². The first-order valence-corrected chi connectivity index (χ1v) is 19.5. The molecule has 5 heteroatoms. The van der Waals surface area contributed by atoms with E-state index in [1.54, 1.807) is 0 Å². The molecule has 0 aliphatic heterocycles. The van der Waals surface area contributed by atoms with E-state index in [4.69, 9.17) is 19.4 Å². The average Bonchev–Trinajstić information content (AvgIpc) is 3.85. The van der Waals surface area contributed by atoms with Gasteiger partial charge in [0.2, 0.25) is 0 Å². The lowest BCUT2D eigenvalue weighted by molar-refractivity contribution is 0.669. The molecule has 58 heavy (non-hydrogen) atoms. The van der Waals surface area contributed by atoms with Crippen molar-refractivity contribution in [2.45, 2.75) is 0 Å². The maximum atomic E-state index is 6.53. The van der Waals surface area contributed by atoms with Crippen molar-refractivity contribution in [2.24, 2.45) is 0 Å². The lowest BCUT2D eigenvalue weighted by Crippen LogP contribution is -2.02. The van der Waals surface area contributed by atoms with Crippen LogP contribution in [0, 0.1) is 0 Å². The van der Waals surface area contributed by atoms with Crippen molar-refractivity contribution in [1.29, 1.82) is 0 Å². The standard InChI is InChI=1S/C53H32N4O/c1-2-15-35(16-3-1)51-54-52(56-53(55-51)45-24-13-23-44-43-21-8-11-27-48(43)58-50(44)45)37-30-36(40-22-12-17-34-29-28-33-14-4-5-18-39(33)49(34)40)31-38(32-37)57-46-25-9-6-19-41(46)42-20-7-10-26-47(42)57/h1-32H. The van der Waals surface area contributed by atoms with Gasteiger partial charge < -0.3 is 8.98 Å². The summed E-state index contributed by atoms with van der Waals surface area (Å²) in [4.78, 5) is 15.7. The Labute approximate surface area is 333 Å². The number of nitrogens with zero attached hydrogens (tertiary/aromatic N) is 4. The molecule has 12 rings (SSSR count). The van der Waals surface area contributed by atoms with Crippen LogP contribution in [0.25, 0.3) is 116 Å². The van der Waals surface area contributed by atoms with Crippen LogP contribution in [0.4, 0.5) is 0 Å². The van der Waals surface area contributed by atoms with Gasteiger partial charge in [-0.1, -0.05) is 152 Å². The third kappa shape index (κ3) is 5.07. The van der Waals surface area contributed by atoms with Gasteiger partial charge in [0.15, 0.2) is 17.5 Å². The Morgan fingerprint density at radius 1 is 0.362 bits per heavy atom. The molecular formula is C53H32N4O. The van der Waals surface area contributed by atoms with Crippen LogP contribution >= 0.6 is 0 Å². The second kappa shape index (κ2) is 12.8. The Kier molecular flexibility index (Phi) is 7.16. The fourth-order valence-corrected chi connectivity index (χ4v) is 8.79. The summed E-state index contributed by atoms with van der Waals surface area (Å²) in [6, 6.07) is 68.2. The van der Waals surface area contributed by atoms with Crippen molar-refractivity contribution in [2.75, 3.05) is 0 Å². The van der Waals surface area contributed by atoms with Crippen LogP contribution < -0.4 is 0 Å². The topological polar surface area (TPSA) is 56.7 Å². The summed E-state index contributed by atoms with van der Waals surface area (Å²) >= 11 is 0. The molecule has 0 unspecified atom stereocenters. The van der Waals surface area contributed by atoms with Crippen molar-refractivity contribution in [3.8, 4) is 51.0 Å². The molecule has 0 radical (unpaired) electrons. The maximum Gasteiger partial charge on any atom is 0.167 e. The smallest absolute Gasteiger partial charge is 0.167 e. The second-order valence-electron chi connectivity index (χ2n) is 14.8. The fourth-order valence-electron chi connectivity index (χ4n) is 8.79. The Bertz CT molecular complexity index is 3530. The Morgan fingerprint density at radius 2 is 0.931 bits per heavy atom. The van der Waals surface area contributed by atoms with E-state index < -0.39 is 0 Å². The zero-order valence-electron chi connectivity index (χ0n) is 31.2. The highest BCUT2D eigenvalue weighted by Gasteiger charge is 2.20. The lowest BCUT2D eigenvalue weighted by Gasteiger charge is -2.16. The molecule has 0 fully saturated rings. The molecule has 9 aromatic carbocycles. The Morgan fingerprint density at radius 3 is 1.74 bits per heavy atom. The van der Waals surface area contributed by atoms with Crippen molar-refractivity contribution >= 4 is 65.3 Å². The molecular weight excluding hydrogens is 709 g/mol. The molecule has 0 aliphatic carbocycles. The largest absolute Gasteiger partial charge is 0.455 e.